The van der Waals surface area contributed by atoms with E-state index in [4.69, 9.17) is 5.26 Å². The van der Waals surface area contributed by atoms with E-state index >= 15 is 0 Å². The Bertz CT molecular complexity index is 413. The molecule has 1 aromatic rings. The van der Waals surface area contributed by atoms with Gasteiger partial charge >= 0.3 is 0 Å². The van der Waals surface area contributed by atoms with Crippen LogP contribution < -0.4 is 5.32 Å². The Labute approximate surface area is 91.0 Å². The van der Waals surface area contributed by atoms with Gasteiger partial charge in [0, 0.05) is 35.0 Å². The first kappa shape index (κ1) is 11.6. The summed E-state index contributed by atoms with van der Waals surface area (Å²) in [6.45, 7) is 2.34. The van der Waals surface area contributed by atoms with Crippen molar-refractivity contribution in [1.82, 2.24) is 9.97 Å². The molecule has 0 saturated carbocycles. The molecule has 0 radical (unpaired) electrons. The molecule has 0 fully saturated rings. The van der Waals surface area contributed by atoms with E-state index < -0.39 is 10.8 Å². The van der Waals surface area contributed by atoms with Crippen LogP contribution in [0.2, 0.25) is 0 Å². The van der Waals surface area contributed by atoms with E-state index in [0.29, 0.717) is 23.9 Å². The van der Waals surface area contributed by atoms with Gasteiger partial charge in [0.15, 0.2) is 0 Å². The first-order valence-electron chi connectivity index (χ1n) is 4.41. The molecule has 0 spiro atoms. The molecule has 15 heavy (non-hydrogen) atoms. The third-order valence-electron chi connectivity index (χ3n) is 1.64. The van der Waals surface area contributed by atoms with Gasteiger partial charge < -0.3 is 5.32 Å². The van der Waals surface area contributed by atoms with E-state index in [0.717, 1.165) is 5.69 Å². The lowest BCUT2D eigenvalue weighted by Gasteiger charge is -2.04. The maximum Gasteiger partial charge on any atom is 0.224 e. The fraction of sp³-hybridized carbons (Fsp3) is 0.444. The largest absolute Gasteiger partial charge is 0.353 e. The van der Waals surface area contributed by atoms with Crippen LogP contribution in [0.4, 0.5) is 5.95 Å². The molecule has 0 amide bonds. The van der Waals surface area contributed by atoms with Gasteiger partial charge in [0.05, 0.1) is 0 Å². The summed E-state index contributed by atoms with van der Waals surface area (Å²) in [5.74, 6) is 0.955. The predicted octanol–water partition coefficient (Wildman–Crippen LogP) is 0.447. The van der Waals surface area contributed by atoms with Gasteiger partial charge in [-0.3, -0.25) is 4.21 Å². The zero-order chi connectivity index (χ0) is 11.3. The quantitative estimate of drug-likeness (QED) is 0.803. The van der Waals surface area contributed by atoms with E-state index in [9.17, 15) is 4.21 Å². The van der Waals surface area contributed by atoms with Crippen molar-refractivity contribution >= 4 is 16.7 Å². The molecule has 80 valence electrons. The summed E-state index contributed by atoms with van der Waals surface area (Å²) in [7, 11) is -0.835. The molecule has 1 aromatic heterocycles. The Balaban J connectivity index is 2.65. The highest BCUT2D eigenvalue weighted by molar-refractivity contribution is 7.84. The van der Waals surface area contributed by atoms with Crippen LogP contribution in [-0.4, -0.2) is 32.7 Å². The van der Waals surface area contributed by atoms with E-state index in [-0.39, 0.29) is 0 Å². The fourth-order valence-electron chi connectivity index (χ4n) is 1.01. The maximum absolute atomic E-state index is 10.8. The van der Waals surface area contributed by atoms with Crippen LogP contribution in [0.5, 0.6) is 0 Å². The monoisotopic (exact) mass is 224 g/mol. The molecule has 1 N–H and O–H groups in total. The smallest absolute Gasteiger partial charge is 0.224 e. The number of hydrogen-bond donors (Lipinski definition) is 1. The second-order valence-electron chi connectivity index (χ2n) is 3.03. The van der Waals surface area contributed by atoms with Crippen LogP contribution in [0.1, 0.15) is 11.4 Å². The second kappa shape index (κ2) is 5.41. The zero-order valence-electron chi connectivity index (χ0n) is 8.65. The summed E-state index contributed by atoms with van der Waals surface area (Å²) in [5.41, 5.74) is 1.07. The van der Waals surface area contributed by atoms with Crippen molar-refractivity contribution in [3.8, 4) is 6.07 Å². The van der Waals surface area contributed by atoms with E-state index in [1.54, 1.807) is 19.2 Å². The molecule has 0 aliphatic rings. The van der Waals surface area contributed by atoms with Gasteiger partial charge in [0.2, 0.25) is 5.95 Å². The Morgan fingerprint density at radius 3 is 2.93 bits per heavy atom. The molecule has 1 rings (SSSR count). The molecule has 1 atom stereocenters. The Morgan fingerprint density at radius 1 is 1.60 bits per heavy atom. The van der Waals surface area contributed by atoms with Crippen LogP contribution in [-0.2, 0) is 10.8 Å². The van der Waals surface area contributed by atoms with Crippen LogP contribution in [0.3, 0.4) is 0 Å². The van der Waals surface area contributed by atoms with Gasteiger partial charge in [-0.1, -0.05) is 0 Å². The van der Waals surface area contributed by atoms with Gasteiger partial charge in [-0.15, -0.1) is 0 Å². The molecule has 1 heterocycles. The molecule has 0 aliphatic heterocycles. The van der Waals surface area contributed by atoms with E-state index in [2.05, 4.69) is 15.3 Å². The molecule has 0 saturated heterocycles. The number of aromatic nitrogens is 2. The summed E-state index contributed by atoms with van der Waals surface area (Å²) in [6.07, 6.45) is 1.64. The number of hydrogen-bond acceptors (Lipinski definition) is 5. The third-order valence-corrected chi connectivity index (χ3v) is 2.42. The Morgan fingerprint density at radius 2 is 2.33 bits per heavy atom. The lowest BCUT2D eigenvalue weighted by molar-refractivity contribution is 0.687. The summed E-state index contributed by atoms with van der Waals surface area (Å²) in [5, 5.41) is 11.6. The predicted molar refractivity (Wildman–Crippen MR) is 58.9 cm³/mol. The van der Waals surface area contributed by atoms with Crippen molar-refractivity contribution in [2.45, 2.75) is 6.92 Å². The van der Waals surface area contributed by atoms with Crippen molar-refractivity contribution in [3.63, 3.8) is 0 Å². The molecule has 1 unspecified atom stereocenters. The summed E-state index contributed by atoms with van der Waals surface area (Å²) in [6, 6.07) is 3.57. The van der Waals surface area contributed by atoms with Crippen molar-refractivity contribution in [3.05, 3.63) is 17.5 Å². The highest BCUT2D eigenvalue weighted by atomic mass is 32.2. The number of rotatable bonds is 4. The number of nitrogens with zero attached hydrogens (tertiary/aromatic N) is 3. The summed E-state index contributed by atoms with van der Waals surface area (Å²) in [4.78, 5) is 8.07. The average Bonchev–Trinajstić information content (AvgIpc) is 2.16. The van der Waals surface area contributed by atoms with E-state index in [1.165, 1.54) is 0 Å². The molecular weight excluding hydrogens is 212 g/mol. The lowest BCUT2D eigenvalue weighted by atomic mass is 10.3. The van der Waals surface area contributed by atoms with Crippen LogP contribution in [0, 0.1) is 18.3 Å². The van der Waals surface area contributed by atoms with Gasteiger partial charge in [0.1, 0.15) is 11.8 Å². The number of anilines is 1. The molecule has 0 aliphatic carbocycles. The molecule has 6 heteroatoms. The SMILES string of the molecule is Cc1cc(C#N)nc(NCCS(C)=O)n1. The first-order valence-corrected chi connectivity index (χ1v) is 6.14. The van der Waals surface area contributed by atoms with Crippen LogP contribution in [0.15, 0.2) is 6.07 Å². The first-order chi connectivity index (χ1) is 7.11. The lowest BCUT2D eigenvalue weighted by Crippen LogP contribution is -2.12. The molecule has 0 aromatic carbocycles. The van der Waals surface area contributed by atoms with E-state index in [1.807, 2.05) is 6.07 Å². The molecular formula is C9H12N4OS. The van der Waals surface area contributed by atoms with Crippen molar-refractivity contribution in [2.24, 2.45) is 0 Å². The van der Waals surface area contributed by atoms with Gasteiger partial charge in [-0.05, 0) is 13.0 Å². The standard InChI is InChI=1S/C9H12N4OS/c1-7-5-8(6-10)13-9(12-7)11-3-4-15(2)14/h5H,3-4H2,1-2H3,(H,11,12,13). The topological polar surface area (TPSA) is 78.7 Å². The van der Waals surface area contributed by atoms with Crippen molar-refractivity contribution in [2.75, 3.05) is 23.9 Å². The molecule has 0 bridgehead atoms. The molecule has 5 nitrogen and oxygen atoms in total. The third kappa shape index (κ3) is 4.04. The minimum Gasteiger partial charge on any atom is -0.353 e. The van der Waals surface area contributed by atoms with Crippen molar-refractivity contribution in [1.29, 1.82) is 5.26 Å². The summed E-state index contributed by atoms with van der Waals surface area (Å²) >= 11 is 0. The number of aryl methyl sites for hydroxylation is 1. The van der Waals surface area contributed by atoms with Gasteiger partial charge in [0.25, 0.3) is 0 Å². The van der Waals surface area contributed by atoms with Crippen LogP contribution in [0.25, 0.3) is 0 Å². The fourth-order valence-corrected chi connectivity index (χ4v) is 1.40. The normalized spacial score (nSPS) is 11.8. The maximum atomic E-state index is 10.8. The Hall–Kier alpha value is -1.48. The highest BCUT2D eigenvalue weighted by Gasteiger charge is 2.01. The zero-order valence-corrected chi connectivity index (χ0v) is 9.47. The van der Waals surface area contributed by atoms with Crippen molar-refractivity contribution < 1.29 is 4.21 Å². The number of nitrogens with one attached hydrogen (secondary N) is 1. The summed E-state index contributed by atoms with van der Waals surface area (Å²) < 4.78 is 10.8. The van der Waals surface area contributed by atoms with Gasteiger partial charge in [-0.2, -0.15) is 5.26 Å². The Kier molecular flexibility index (Phi) is 4.18. The van der Waals surface area contributed by atoms with Crippen LogP contribution >= 0.6 is 0 Å². The van der Waals surface area contributed by atoms with Gasteiger partial charge in [-0.25, -0.2) is 9.97 Å². The average molecular weight is 224 g/mol. The number of nitriles is 1. The second-order valence-corrected chi connectivity index (χ2v) is 4.59. The minimum atomic E-state index is -0.835. The highest BCUT2D eigenvalue weighted by Crippen LogP contribution is 2.03. The minimum absolute atomic E-state index is 0.336.